The molecule has 162 valence electrons. The van der Waals surface area contributed by atoms with Crippen molar-refractivity contribution in [1.82, 2.24) is 15.5 Å². The lowest BCUT2D eigenvalue weighted by atomic mass is 9.90. The Kier molecular flexibility index (Phi) is 10.2. The molecule has 1 saturated heterocycles. The van der Waals surface area contributed by atoms with E-state index in [4.69, 9.17) is 9.73 Å². The molecule has 3 rings (SSSR count). The van der Waals surface area contributed by atoms with Crippen LogP contribution in [0.5, 0.6) is 0 Å². The van der Waals surface area contributed by atoms with E-state index in [1.165, 1.54) is 5.56 Å². The molecule has 8 heteroatoms. The molecule has 1 amide bonds. The van der Waals surface area contributed by atoms with Crippen molar-refractivity contribution in [1.29, 1.82) is 0 Å². The summed E-state index contributed by atoms with van der Waals surface area (Å²) in [6.07, 6.45) is 0.497. The first-order valence-electron chi connectivity index (χ1n) is 10.4. The van der Waals surface area contributed by atoms with E-state index >= 15 is 0 Å². The second-order valence-electron chi connectivity index (χ2n) is 7.66. The second-order valence-corrected chi connectivity index (χ2v) is 7.66. The number of carbonyl (C=O) groups is 1. The number of aliphatic imine (C=N–C) groups is 1. The van der Waals surface area contributed by atoms with Crippen molar-refractivity contribution >= 4 is 41.5 Å². The molecule has 0 radical (unpaired) electrons. The molecule has 1 fully saturated rings. The van der Waals surface area contributed by atoms with E-state index in [2.05, 4.69) is 40.8 Å². The molecule has 2 atom stereocenters. The van der Waals surface area contributed by atoms with E-state index in [0.717, 1.165) is 57.6 Å². The number of para-hydroxylation sites is 1. The predicted octanol–water partition coefficient (Wildman–Crippen LogP) is 2.25. The molecule has 3 N–H and O–H groups in total. The van der Waals surface area contributed by atoms with Crippen LogP contribution in [0, 0.1) is 5.92 Å². The highest BCUT2D eigenvalue weighted by atomic mass is 127. The van der Waals surface area contributed by atoms with E-state index in [1.54, 1.807) is 0 Å². The summed E-state index contributed by atoms with van der Waals surface area (Å²) in [5.74, 6) is 1.53. The Hall–Kier alpha value is -1.39. The summed E-state index contributed by atoms with van der Waals surface area (Å²) in [7, 11) is 0. The van der Waals surface area contributed by atoms with Crippen LogP contribution in [0.25, 0.3) is 0 Å². The van der Waals surface area contributed by atoms with Gasteiger partial charge in [0.25, 0.3) is 0 Å². The van der Waals surface area contributed by atoms with Crippen LogP contribution in [0.3, 0.4) is 0 Å². The van der Waals surface area contributed by atoms with Gasteiger partial charge in [-0.25, -0.2) is 0 Å². The Morgan fingerprint density at radius 3 is 2.83 bits per heavy atom. The number of amides is 1. The van der Waals surface area contributed by atoms with Crippen LogP contribution in [-0.2, 0) is 9.53 Å². The van der Waals surface area contributed by atoms with Crippen molar-refractivity contribution < 1.29 is 9.53 Å². The van der Waals surface area contributed by atoms with E-state index in [-0.39, 0.29) is 35.8 Å². The van der Waals surface area contributed by atoms with Gasteiger partial charge < -0.3 is 20.7 Å². The van der Waals surface area contributed by atoms with Gasteiger partial charge in [0, 0.05) is 57.3 Å². The van der Waals surface area contributed by atoms with Crippen molar-refractivity contribution in [2.24, 2.45) is 10.9 Å². The summed E-state index contributed by atoms with van der Waals surface area (Å²) in [6.45, 7) is 11.3. The molecule has 29 heavy (non-hydrogen) atoms. The van der Waals surface area contributed by atoms with Crippen LogP contribution in [0.4, 0.5) is 5.69 Å². The van der Waals surface area contributed by atoms with Gasteiger partial charge in [0.15, 0.2) is 5.96 Å². The molecule has 0 saturated carbocycles. The average molecular weight is 515 g/mol. The van der Waals surface area contributed by atoms with Crippen LogP contribution in [-0.4, -0.2) is 69.2 Å². The first-order chi connectivity index (χ1) is 13.7. The Morgan fingerprint density at radius 1 is 1.31 bits per heavy atom. The van der Waals surface area contributed by atoms with Gasteiger partial charge in [0.2, 0.25) is 5.91 Å². The number of morpholine rings is 1. The number of benzene rings is 1. The molecule has 2 aliphatic heterocycles. The van der Waals surface area contributed by atoms with Gasteiger partial charge in [0.05, 0.1) is 13.2 Å². The third-order valence-electron chi connectivity index (χ3n) is 5.20. The average Bonchev–Trinajstić information content (AvgIpc) is 2.70. The van der Waals surface area contributed by atoms with Gasteiger partial charge in [-0.2, -0.15) is 0 Å². The maximum Gasteiger partial charge on any atom is 0.225 e. The molecule has 1 aromatic carbocycles. The van der Waals surface area contributed by atoms with Gasteiger partial charge in [-0.1, -0.05) is 25.1 Å². The fourth-order valence-electron chi connectivity index (χ4n) is 3.77. The molecule has 1 aromatic rings. The molecule has 0 spiro atoms. The quantitative estimate of drug-likeness (QED) is 0.295. The lowest BCUT2D eigenvalue weighted by molar-refractivity contribution is -0.116. The highest BCUT2D eigenvalue weighted by Gasteiger charge is 2.24. The summed E-state index contributed by atoms with van der Waals surface area (Å²) in [5.41, 5.74) is 2.11. The predicted molar refractivity (Wildman–Crippen MR) is 128 cm³/mol. The van der Waals surface area contributed by atoms with Crippen LogP contribution < -0.4 is 16.0 Å². The molecule has 7 nitrogen and oxygen atoms in total. The van der Waals surface area contributed by atoms with Gasteiger partial charge in [-0.05, 0) is 24.5 Å². The number of hydrogen-bond donors (Lipinski definition) is 3. The highest BCUT2D eigenvalue weighted by Crippen LogP contribution is 2.31. The van der Waals surface area contributed by atoms with E-state index in [1.807, 2.05) is 18.2 Å². The van der Waals surface area contributed by atoms with Crippen molar-refractivity contribution in [3.8, 4) is 0 Å². The van der Waals surface area contributed by atoms with Crippen LogP contribution in [0.2, 0.25) is 0 Å². The van der Waals surface area contributed by atoms with Crippen molar-refractivity contribution in [3.63, 3.8) is 0 Å². The number of guanidine groups is 1. The first kappa shape index (κ1) is 23.9. The van der Waals surface area contributed by atoms with Crippen molar-refractivity contribution in [2.75, 3.05) is 57.8 Å². The molecule has 2 aliphatic rings. The van der Waals surface area contributed by atoms with E-state index in [0.29, 0.717) is 18.9 Å². The van der Waals surface area contributed by atoms with Gasteiger partial charge in [-0.15, -0.1) is 24.0 Å². The van der Waals surface area contributed by atoms with Crippen molar-refractivity contribution in [2.45, 2.75) is 26.2 Å². The topological polar surface area (TPSA) is 78.0 Å². The van der Waals surface area contributed by atoms with Crippen LogP contribution in [0.15, 0.2) is 29.3 Å². The highest BCUT2D eigenvalue weighted by molar-refractivity contribution is 14.0. The molecule has 0 bridgehead atoms. The molecule has 2 heterocycles. The summed E-state index contributed by atoms with van der Waals surface area (Å²) >= 11 is 0. The summed E-state index contributed by atoms with van der Waals surface area (Å²) < 4.78 is 5.42. The Balaban J connectivity index is 0.00000300. The third kappa shape index (κ3) is 7.42. The van der Waals surface area contributed by atoms with Gasteiger partial charge in [-0.3, -0.25) is 14.7 Å². The summed E-state index contributed by atoms with van der Waals surface area (Å²) in [5, 5.41) is 9.71. The Bertz CT molecular complexity index is 679. The molecular formula is C21H34IN5O2. The number of nitrogens with zero attached hydrogens (tertiary/aromatic N) is 2. The Morgan fingerprint density at radius 2 is 2.07 bits per heavy atom. The maximum absolute atomic E-state index is 12.0. The second kappa shape index (κ2) is 12.3. The smallest absolute Gasteiger partial charge is 0.225 e. The number of hydrogen-bond acceptors (Lipinski definition) is 4. The largest absolute Gasteiger partial charge is 0.379 e. The van der Waals surface area contributed by atoms with E-state index in [9.17, 15) is 4.79 Å². The maximum atomic E-state index is 12.0. The standard InChI is InChI=1S/C21H33N5O2.HI/c1-3-22-21(23-13-16(2)15-26-8-10-28-11-9-26)24-14-17-12-20(27)25-19-7-5-4-6-18(17)19;/h4-7,16-17H,3,8-15H2,1-2H3,(H,25,27)(H2,22,23,24);1H. The third-order valence-corrected chi connectivity index (χ3v) is 5.20. The van der Waals surface area contributed by atoms with Crippen LogP contribution in [0.1, 0.15) is 31.7 Å². The zero-order chi connectivity index (χ0) is 19.8. The van der Waals surface area contributed by atoms with Gasteiger partial charge in [0.1, 0.15) is 0 Å². The zero-order valence-electron chi connectivity index (χ0n) is 17.4. The number of rotatable bonds is 7. The lowest BCUT2D eigenvalue weighted by Gasteiger charge is -2.29. The summed E-state index contributed by atoms with van der Waals surface area (Å²) in [4.78, 5) is 19.2. The fourth-order valence-corrected chi connectivity index (χ4v) is 3.77. The molecular weight excluding hydrogens is 481 g/mol. The Labute approximate surface area is 191 Å². The number of fused-ring (bicyclic) bond motifs is 1. The van der Waals surface area contributed by atoms with Crippen molar-refractivity contribution in [3.05, 3.63) is 29.8 Å². The minimum Gasteiger partial charge on any atom is -0.379 e. The van der Waals surface area contributed by atoms with Gasteiger partial charge >= 0.3 is 0 Å². The fraction of sp³-hybridized carbons (Fsp3) is 0.619. The first-order valence-corrected chi connectivity index (χ1v) is 10.4. The normalized spacial score (nSPS) is 20.8. The minimum atomic E-state index is 0. The number of anilines is 1. The number of nitrogens with one attached hydrogen (secondary N) is 3. The SMILES string of the molecule is CCNC(=NCC(C)CN1CCOCC1)NCC1CC(=O)Nc2ccccc21.I. The number of carbonyl (C=O) groups excluding carboxylic acids is 1. The number of ether oxygens (including phenoxy) is 1. The summed E-state index contributed by atoms with van der Waals surface area (Å²) in [6, 6.07) is 8.04. The zero-order valence-corrected chi connectivity index (χ0v) is 19.8. The minimum absolute atomic E-state index is 0. The number of halogens is 1. The van der Waals surface area contributed by atoms with E-state index < -0.39 is 0 Å². The lowest BCUT2D eigenvalue weighted by Crippen LogP contribution is -2.42. The molecule has 0 aliphatic carbocycles. The molecule has 2 unspecified atom stereocenters. The van der Waals surface area contributed by atoms with Crippen LogP contribution >= 0.6 is 24.0 Å². The monoisotopic (exact) mass is 515 g/mol. The molecule has 0 aromatic heterocycles.